The lowest BCUT2D eigenvalue weighted by atomic mass is 9.94. The molecule has 2 N–H and O–H groups in total. The number of nitrogens with zero attached hydrogens (tertiary/aromatic N) is 2. The topological polar surface area (TPSA) is 58.8 Å². The third kappa shape index (κ3) is 5.38. The molecule has 0 heterocycles. The lowest BCUT2D eigenvalue weighted by Crippen LogP contribution is -2.41. The summed E-state index contributed by atoms with van der Waals surface area (Å²) >= 11 is 0. The molecule has 0 aromatic rings. The van der Waals surface area contributed by atoms with E-state index in [1.165, 1.54) is 0 Å². The Hall–Kier alpha value is -0.650. The summed E-state index contributed by atoms with van der Waals surface area (Å²) in [6.45, 7) is 3.74. The van der Waals surface area contributed by atoms with E-state index in [0.29, 0.717) is 25.6 Å². The molecule has 0 aromatic carbocycles. The molecule has 118 valence electrons. The van der Waals surface area contributed by atoms with E-state index in [9.17, 15) is 4.79 Å². The molecule has 0 aromatic heterocycles. The van der Waals surface area contributed by atoms with E-state index >= 15 is 0 Å². The Morgan fingerprint density at radius 1 is 1.25 bits per heavy atom. The van der Waals surface area contributed by atoms with E-state index in [4.69, 9.17) is 10.5 Å². The first-order valence-electron chi connectivity index (χ1n) is 7.72. The van der Waals surface area contributed by atoms with Crippen LogP contribution in [-0.4, -0.2) is 69.7 Å². The molecule has 1 aliphatic carbocycles. The molecule has 0 radical (unpaired) electrons. The van der Waals surface area contributed by atoms with Crippen LogP contribution in [0, 0.1) is 11.8 Å². The van der Waals surface area contributed by atoms with Crippen LogP contribution in [0.3, 0.4) is 0 Å². The van der Waals surface area contributed by atoms with Gasteiger partial charge in [-0.05, 0) is 52.4 Å². The molecular formula is C15H31N3O2. The van der Waals surface area contributed by atoms with Crippen molar-refractivity contribution in [2.24, 2.45) is 17.6 Å². The first kappa shape index (κ1) is 17.4. The average molecular weight is 285 g/mol. The van der Waals surface area contributed by atoms with Crippen molar-refractivity contribution in [1.29, 1.82) is 0 Å². The summed E-state index contributed by atoms with van der Waals surface area (Å²) in [5, 5.41) is 0. The molecule has 2 unspecified atom stereocenters. The monoisotopic (exact) mass is 285 g/mol. The highest BCUT2D eigenvalue weighted by molar-refractivity contribution is 5.79. The van der Waals surface area contributed by atoms with Gasteiger partial charge in [-0.3, -0.25) is 4.79 Å². The van der Waals surface area contributed by atoms with Crippen LogP contribution >= 0.6 is 0 Å². The molecule has 1 rings (SSSR count). The van der Waals surface area contributed by atoms with E-state index < -0.39 is 0 Å². The van der Waals surface area contributed by atoms with Gasteiger partial charge >= 0.3 is 0 Å². The van der Waals surface area contributed by atoms with Crippen molar-refractivity contribution >= 4 is 5.91 Å². The maximum Gasteiger partial charge on any atom is 0.226 e. The van der Waals surface area contributed by atoms with Crippen molar-refractivity contribution in [1.82, 2.24) is 9.80 Å². The number of rotatable bonds is 9. The summed E-state index contributed by atoms with van der Waals surface area (Å²) in [6, 6.07) is 0. The minimum atomic E-state index is 0.135. The van der Waals surface area contributed by atoms with Gasteiger partial charge in [0.05, 0.1) is 6.61 Å². The van der Waals surface area contributed by atoms with Gasteiger partial charge in [0.1, 0.15) is 0 Å². The quantitative estimate of drug-likeness (QED) is 0.680. The number of carbonyl (C=O) groups excluding carboxylic acids is 1. The average Bonchev–Trinajstić information content (AvgIpc) is 2.89. The van der Waals surface area contributed by atoms with E-state index in [1.54, 1.807) is 7.11 Å². The predicted molar refractivity (Wildman–Crippen MR) is 81.5 cm³/mol. The van der Waals surface area contributed by atoms with Crippen molar-refractivity contribution in [2.75, 3.05) is 54.0 Å². The SMILES string of the molecule is COCCN(CCCN(C)C)C(=O)C1CCCC1CN. The zero-order valence-electron chi connectivity index (χ0n) is 13.3. The largest absolute Gasteiger partial charge is 0.383 e. The molecule has 5 heteroatoms. The fraction of sp³-hybridized carbons (Fsp3) is 0.933. The molecule has 20 heavy (non-hydrogen) atoms. The lowest BCUT2D eigenvalue weighted by molar-refractivity contribution is -0.137. The first-order valence-corrected chi connectivity index (χ1v) is 7.72. The van der Waals surface area contributed by atoms with Crippen LogP contribution in [0.5, 0.6) is 0 Å². The van der Waals surface area contributed by atoms with Gasteiger partial charge in [0.25, 0.3) is 0 Å². The molecule has 2 atom stereocenters. The normalized spacial score (nSPS) is 22.4. The Labute approximate surface area is 123 Å². The van der Waals surface area contributed by atoms with Crippen molar-refractivity contribution in [3.8, 4) is 0 Å². The number of ether oxygens (including phenoxy) is 1. The van der Waals surface area contributed by atoms with E-state index in [-0.39, 0.29) is 11.8 Å². The van der Waals surface area contributed by atoms with Crippen LogP contribution in [0.25, 0.3) is 0 Å². The highest BCUT2D eigenvalue weighted by atomic mass is 16.5. The summed E-state index contributed by atoms with van der Waals surface area (Å²) in [5.41, 5.74) is 5.80. The van der Waals surface area contributed by atoms with Crippen LogP contribution in [0.1, 0.15) is 25.7 Å². The van der Waals surface area contributed by atoms with Crippen molar-refractivity contribution in [3.05, 3.63) is 0 Å². The minimum absolute atomic E-state index is 0.135. The lowest BCUT2D eigenvalue weighted by Gasteiger charge is -2.28. The Morgan fingerprint density at radius 3 is 2.60 bits per heavy atom. The van der Waals surface area contributed by atoms with Crippen molar-refractivity contribution in [2.45, 2.75) is 25.7 Å². The van der Waals surface area contributed by atoms with E-state index in [0.717, 1.165) is 38.8 Å². The van der Waals surface area contributed by atoms with E-state index in [1.807, 2.05) is 4.90 Å². The van der Waals surface area contributed by atoms with E-state index in [2.05, 4.69) is 19.0 Å². The zero-order valence-corrected chi connectivity index (χ0v) is 13.3. The number of hydrogen-bond donors (Lipinski definition) is 1. The highest BCUT2D eigenvalue weighted by Gasteiger charge is 2.34. The molecule has 1 aliphatic rings. The molecule has 0 aliphatic heterocycles. The Kier molecular flexibility index (Phi) is 8.11. The second kappa shape index (κ2) is 9.32. The molecule has 1 saturated carbocycles. The van der Waals surface area contributed by atoms with Crippen LogP contribution in [0.2, 0.25) is 0 Å². The molecule has 0 saturated heterocycles. The molecular weight excluding hydrogens is 254 g/mol. The third-order valence-corrected chi connectivity index (χ3v) is 4.19. The summed E-state index contributed by atoms with van der Waals surface area (Å²) in [5.74, 6) is 0.798. The van der Waals surface area contributed by atoms with Gasteiger partial charge in [-0.1, -0.05) is 6.42 Å². The number of nitrogens with two attached hydrogens (primary N) is 1. The van der Waals surface area contributed by atoms with Gasteiger partial charge in [-0.2, -0.15) is 0 Å². The minimum Gasteiger partial charge on any atom is -0.383 e. The van der Waals surface area contributed by atoms with Gasteiger partial charge in [-0.25, -0.2) is 0 Å². The molecule has 0 spiro atoms. The Balaban J connectivity index is 2.54. The highest BCUT2D eigenvalue weighted by Crippen LogP contribution is 2.32. The maximum atomic E-state index is 12.7. The Morgan fingerprint density at radius 2 is 2.00 bits per heavy atom. The van der Waals surface area contributed by atoms with Crippen LogP contribution in [-0.2, 0) is 9.53 Å². The number of carbonyl (C=O) groups is 1. The van der Waals surface area contributed by atoms with Gasteiger partial charge in [0, 0.05) is 26.1 Å². The Bertz CT molecular complexity index is 284. The van der Waals surface area contributed by atoms with Crippen LogP contribution < -0.4 is 5.73 Å². The predicted octanol–water partition coefficient (Wildman–Crippen LogP) is 0.788. The first-order chi connectivity index (χ1) is 9.60. The van der Waals surface area contributed by atoms with Gasteiger partial charge in [0.2, 0.25) is 5.91 Å². The van der Waals surface area contributed by atoms with Crippen molar-refractivity contribution < 1.29 is 9.53 Å². The molecule has 5 nitrogen and oxygen atoms in total. The van der Waals surface area contributed by atoms with Crippen LogP contribution in [0.15, 0.2) is 0 Å². The number of amides is 1. The summed E-state index contributed by atoms with van der Waals surface area (Å²) in [7, 11) is 5.80. The molecule has 1 fully saturated rings. The number of methoxy groups -OCH3 is 1. The fourth-order valence-electron chi connectivity index (χ4n) is 2.99. The second-order valence-corrected chi connectivity index (χ2v) is 6.01. The fourth-order valence-corrected chi connectivity index (χ4v) is 2.99. The summed E-state index contributed by atoms with van der Waals surface area (Å²) in [4.78, 5) is 16.8. The standard InChI is InChI=1S/C15H31N3O2/c1-17(2)8-5-9-18(10-11-20-3)15(19)14-7-4-6-13(14)12-16/h13-14H,4-12,16H2,1-3H3. The number of hydrogen-bond acceptors (Lipinski definition) is 4. The smallest absolute Gasteiger partial charge is 0.226 e. The zero-order chi connectivity index (χ0) is 15.0. The molecule has 1 amide bonds. The molecule has 0 bridgehead atoms. The summed E-state index contributed by atoms with van der Waals surface area (Å²) in [6.07, 6.45) is 4.23. The van der Waals surface area contributed by atoms with Gasteiger partial charge < -0.3 is 20.3 Å². The summed E-state index contributed by atoms with van der Waals surface area (Å²) < 4.78 is 5.14. The van der Waals surface area contributed by atoms with Gasteiger partial charge in [-0.15, -0.1) is 0 Å². The third-order valence-electron chi connectivity index (χ3n) is 4.19. The van der Waals surface area contributed by atoms with Gasteiger partial charge in [0.15, 0.2) is 0 Å². The van der Waals surface area contributed by atoms with Crippen LogP contribution in [0.4, 0.5) is 0 Å². The maximum absolute atomic E-state index is 12.7. The second-order valence-electron chi connectivity index (χ2n) is 6.01. The van der Waals surface area contributed by atoms with Crippen molar-refractivity contribution in [3.63, 3.8) is 0 Å².